The van der Waals surface area contributed by atoms with Crippen LogP contribution >= 0.6 is 11.6 Å². The van der Waals surface area contributed by atoms with Crippen LogP contribution in [0, 0.1) is 0 Å². The SMILES string of the molecule is CN(C(=O)c1cc(N)cc(Cl)c1)C1CCOC1. The van der Waals surface area contributed by atoms with Gasteiger partial charge in [-0.1, -0.05) is 11.6 Å². The molecular weight excluding hydrogens is 240 g/mol. The summed E-state index contributed by atoms with van der Waals surface area (Å²) in [5.74, 6) is -0.0744. The number of hydrogen-bond donors (Lipinski definition) is 1. The van der Waals surface area contributed by atoms with Gasteiger partial charge in [-0.15, -0.1) is 0 Å². The second kappa shape index (κ2) is 4.94. The highest BCUT2D eigenvalue weighted by Gasteiger charge is 2.25. The number of nitrogens with two attached hydrogens (primary N) is 1. The van der Waals surface area contributed by atoms with E-state index in [1.165, 1.54) is 0 Å². The van der Waals surface area contributed by atoms with Gasteiger partial charge >= 0.3 is 0 Å². The Morgan fingerprint density at radius 1 is 1.53 bits per heavy atom. The molecule has 1 fully saturated rings. The molecule has 1 aromatic carbocycles. The third kappa shape index (κ3) is 2.70. The summed E-state index contributed by atoms with van der Waals surface area (Å²) in [6, 6.07) is 5.03. The molecule has 0 aliphatic carbocycles. The molecule has 1 unspecified atom stereocenters. The minimum atomic E-state index is -0.0744. The first-order chi connectivity index (χ1) is 8.08. The quantitative estimate of drug-likeness (QED) is 0.819. The molecule has 17 heavy (non-hydrogen) atoms. The number of nitrogens with zero attached hydrogens (tertiary/aromatic N) is 1. The van der Waals surface area contributed by atoms with E-state index in [9.17, 15) is 4.79 Å². The minimum absolute atomic E-state index is 0.0744. The zero-order valence-electron chi connectivity index (χ0n) is 9.65. The monoisotopic (exact) mass is 254 g/mol. The van der Waals surface area contributed by atoms with Gasteiger partial charge in [0, 0.05) is 29.9 Å². The predicted octanol–water partition coefficient (Wildman–Crippen LogP) is 1.78. The standard InChI is InChI=1S/C12H15ClN2O2/c1-15(11-2-3-17-7-11)12(16)8-4-9(13)6-10(14)5-8/h4-6,11H,2-3,7,14H2,1H3. The molecule has 0 saturated carbocycles. The van der Waals surface area contributed by atoms with Gasteiger partial charge in [0.05, 0.1) is 12.6 Å². The van der Waals surface area contributed by atoms with E-state index >= 15 is 0 Å². The summed E-state index contributed by atoms with van der Waals surface area (Å²) in [4.78, 5) is 13.9. The lowest BCUT2D eigenvalue weighted by atomic mass is 10.1. The predicted molar refractivity (Wildman–Crippen MR) is 67.2 cm³/mol. The average molecular weight is 255 g/mol. The maximum Gasteiger partial charge on any atom is 0.254 e. The van der Waals surface area contributed by atoms with Gasteiger partial charge in [0.2, 0.25) is 0 Å². The number of anilines is 1. The highest BCUT2D eigenvalue weighted by atomic mass is 35.5. The topological polar surface area (TPSA) is 55.6 Å². The molecular formula is C12H15ClN2O2. The number of likely N-dealkylation sites (N-methyl/N-ethyl adjacent to an activating group) is 1. The molecule has 0 aromatic heterocycles. The Bertz CT molecular complexity index is 410. The van der Waals surface area contributed by atoms with Crippen molar-refractivity contribution in [2.45, 2.75) is 12.5 Å². The van der Waals surface area contributed by atoms with Crippen molar-refractivity contribution in [3.8, 4) is 0 Å². The number of carbonyl (C=O) groups is 1. The van der Waals surface area contributed by atoms with E-state index in [4.69, 9.17) is 22.1 Å². The Morgan fingerprint density at radius 3 is 2.88 bits per heavy atom. The first-order valence-electron chi connectivity index (χ1n) is 5.49. The minimum Gasteiger partial charge on any atom is -0.399 e. The van der Waals surface area contributed by atoms with E-state index in [1.807, 2.05) is 0 Å². The Morgan fingerprint density at radius 2 is 2.29 bits per heavy atom. The van der Waals surface area contributed by atoms with Gasteiger partial charge < -0.3 is 15.4 Å². The Hall–Kier alpha value is -1.26. The lowest BCUT2D eigenvalue weighted by Gasteiger charge is -2.23. The number of halogens is 1. The van der Waals surface area contributed by atoms with E-state index in [-0.39, 0.29) is 11.9 Å². The number of benzene rings is 1. The van der Waals surface area contributed by atoms with Crippen molar-refractivity contribution in [1.82, 2.24) is 4.90 Å². The number of amides is 1. The second-order valence-electron chi connectivity index (χ2n) is 4.21. The molecule has 0 radical (unpaired) electrons. The van der Waals surface area contributed by atoms with Gasteiger partial charge in [0.1, 0.15) is 0 Å². The van der Waals surface area contributed by atoms with E-state index in [1.54, 1.807) is 30.1 Å². The van der Waals surface area contributed by atoms with E-state index < -0.39 is 0 Å². The van der Waals surface area contributed by atoms with Crippen LogP contribution in [0.3, 0.4) is 0 Å². The van der Waals surface area contributed by atoms with Gasteiger partial charge in [0.25, 0.3) is 5.91 Å². The van der Waals surface area contributed by atoms with Gasteiger partial charge in [0.15, 0.2) is 0 Å². The summed E-state index contributed by atoms with van der Waals surface area (Å²) < 4.78 is 5.27. The highest BCUT2D eigenvalue weighted by Crippen LogP contribution is 2.20. The van der Waals surface area contributed by atoms with Crippen LogP contribution in [0.25, 0.3) is 0 Å². The Labute approximate surface area is 105 Å². The maximum absolute atomic E-state index is 12.2. The molecule has 1 heterocycles. The maximum atomic E-state index is 12.2. The smallest absolute Gasteiger partial charge is 0.254 e. The number of rotatable bonds is 2. The molecule has 1 aliphatic rings. The van der Waals surface area contributed by atoms with Crippen LogP contribution in [0.15, 0.2) is 18.2 Å². The van der Waals surface area contributed by atoms with Crippen molar-refractivity contribution in [2.24, 2.45) is 0 Å². The fourth-order valence-electron chi connectivity index (χ4n) is 1.93. The zero-order chi connectivity index (χ0) is 12.4. The summed E-state index contributed by atoms with van der Waals surface area (Å²) in [7, 11) is 1.78. The number of hydrogen-bond acceptors (Lipinski definition) is 3. The number of carbonyl (C=O) groups excluding carboxylic acids is 1. The highest BCUT2D eigenvalue weighted by molar-refractivity contribution is 6.31. The van der Waals surface area contributed by atoms with Crippen molar-refractivity contribution in [2.75, 3.05) is 26.0 Å². The molecule has 0 bridgehead atoms. The fraction of sp³-hybridized carbons (Fsp3) is 0.417. The summed E-state index contributed by atoms with van der Waals surface area (Å²) >= 11 is 5.88. The fourth-order valence-corrected chi connectivity index (χ4v) is 2.18. The van der Waals surface area contributed by atoms with E-state index in [0.717, 1.165) is 6.42 Å². The van der Waals surface area contributed by atoms with Gasteiger partial charge in [-0.25, -0.2) is 0 Å². The van der Waals surface area contributed by atoms with Crippen LogP contribution in [0.1, 0.15) is 16.8 Å². The van der Waals surface area contributed by atoms with Crippen molar-refractivity contribution >= 4 is 23.2 Å². The van der Waals surface area contributed by atoms with Crippen LogP contribution in [-0.2, 0) is 4.74 Å². The third-order valence-electron chi connectivity index (χ3n) is 2.94. The van der Waals surface area contributed by atoms with Gasteiger partial charge in [-0.2, -0.15) is 0 Å². The zero-order valence-corrected chi connectivity index (χ0v) is 10.4. The third-order valence-corrected chi connectivity index (χ3v) is 3.16. The van der Waals surface area contributed by atoms with Crippen molar-refractivity contribution in [3.63, 3.8) is 0 Å². The number of nitrogen functional groups attached to an aromatic ring is 1. The van der Waals surface area contributed by atoms with Crippen LogP contribution in [0.5, 0.6) is 0 Å². The lowest BCUT2D eigenvalue weighted by Crippen LogP contribution is -2.37. The molecule has 0 spiro atoms. The largest absolute Gasteiger partial charge is 0.399 e. The molecule has 92 valence electrons. The van der Waals surface area contributed by atoms with Crippen molar-refractivity contribution < 1.29 is 9.53 Å². The summed E-state index contributed by atoms with van der Waals surface area (Å²) in [6.07, 6.45) is 0.873. The lowest BCUT2D eigenvalue weighted by molar-refractivity contribution is 0.0711. The second-order valence-corrected chi connectivity index (χ2v) is 4.64. The molecule has 2 rings (SSSR count). The van der Waals surface area contributed by atoms with Gasteiger partial charge in [-0.05, 0) is 24.6 Å². The van der Waals surface area contributed by atoms with E-state index in [2.05, 4.69) is 0 Å². The normalized spacial score (nSPS) is 19.3. The molecule has 4 nitrogen and oxygen atoms in total. The molecule has 5 heteroatoms. The summed E-state index contributed by atoms with van der Waals surface area (Å²) in [5.41, 5.74) is 6.69. The Kier molecular flexibility index (Phi) is 3.54. The summed E-state index contributed by atoms with van der Waals surface area (Å²) in [5, 5.41) is 0.476. The van der Waals surface area contributed by atoms with Crippen LogP contribution in [0.4, 0.5) is 5.69 Å². The van der Waals surface area contributed by atoms with Crippen LogP contribution in [0.2, 0.25) is 5.02 Å². The Balaban J connectivity index is 2.17. The van der Waals surface area contributed by atoms with Crippen LogP contribution in [-0.4, -0.2) is 37.1 Å². The first-order valence-corrected chi connectivity index (χ1v) is 5.86. The summed E-state index contributed by atoms with van der Waals surface area (Å²) in [6.45, 7) is 1.30. The molecule has 1 amide bonds. The molecule has 1 atom stereocenters. The van der Waals surface area contributed by atoms with Gasteiger partial charge in [-0.3, -0.25) is 4.79 Å². The first kappa shape index (κ1) is 12.2. The van der Waals surface area contributed by atoms with E-state index in [0.29, 0.717) is 29.5 Å². The average Bonchev–Trinajstić information content (AvgIpc) is 2.79. The molecule has 2 N–H and O–H groups in total. The molecule has 1 aromatic rings. The van der Waals surface area contributed by atoms with Crippen molar-refractivity contribution in [1.29, 1.82) is 0 Å². The number of ether oxygens (including phenoxy) is 1. The van der Waals surface area contributed by atoms with Crippen LogP contribution < -0.4 is 5.73 Å². The molecule has 1 saturated heterocycles. The van der Waals surface area contributed by atoms with Crippen molar-refractivity contribution in [3.05, 3.63) is 28.8 Å². The molecule has 1 aliphatic heterocycles.